The molecule has 0 saturated heterocycles. The van der Waals surface area contributed by atoms with Gasteiger partial charge in [-0.05, 0) is 29.8 Å². The molecule has 2 aromatic rings. The van der Waals surface area contributed by atoms with Gasteiger partial charge in [-0.1, -0.05) is 23.7 Å². The lowest BCUT2D eigenvalue weighted by molar-refractivity contribution is 0.0950. The van der Waals surface area contributed by atoms with Crippen molar-refractivity contribution in [1.29, 1.82) is 0 Å². The summed E-state index contributed by atoms with van der Waals surface area (Å²) in [4.78, 5) is 15.6. The Bertz CT molecular complexity index is 537. The number of nitrogens with zero attached hydrogens (tertiary/aromatic N) is 1. The third-order valence-electron chi connectivity index (χ3n) is 2.41. The Balaban J connectivity index is 1.96. The number of benzene rings is 1. The number of aromatic nitrogens is 1. The molecule has 0 bridgehead atoms. The first-order valence-electron chi connectivity index (χ1n) is 5.39. The highest BCUT2D eigenvalue weighted by atomic mass is 35.5. The summed E-state index contributed by atoms with van der Waals surface area (Å²) in [5.41, 5.74) is 6.92. The van der Waals surface area contributed by atoms with Crippen LogP contribution < -0.4 is 11.1 Å². The molecule has 4 nitrogen and oxygen atoms in total. The zero-order valence-electron chi connectivity index (χ0n) is 9.56. The topological polar surface area (TPSA) is 68.0 Å². The van der Waals surface area contributed by atoms with Crippen LogP contribution in [-0.4, -0.2) is 10.9 Å². The first-order chi connectivity index (χ1) is 8.65. The molecule has 0 aliphatic rings. The van der Waals surface area contributed by atoms with Crippen LogP contribution in [0.15, 0.2) is 42.6 Å². The Hall–Kier alpha value is -2.07. The Morgan fingerprint density at radius 1 is 1.22 bits per heavy atom. The molecular formula is C13H12ClN3O. The molecule has 0 aliphatic carbocycles. The maximum absolute atomic E-state index is 11.8. The molecule has 0 aliphatic heterocycles. The molecule has 1 aromatic heterocycles. The predicted molar refractivity (Wildman–Crippen MR) is 71.3 cm³/mol. The van der Waals surface area contributed by atoms with E-state index in [9.17, 15) is 4.79 Å². The van der Waals surface area contributed by atoms with Crippen LogP contribution >= 0.6 is 11.6 Å². The van der Waals surface area contributed by atoms with Gasteiger partial charge in [-0.15, -0.1) is 0 Å². The van der Waals surface area contributed by atoms with Gasteiger partial charge in [0.15, 0.2) is 0 Å². The molecule has 0 atom stereocenters. The summed E-state index contributed by atoms with van der Waals surface area (Å²) in [6.07, 6.45) is 1.45. The molecule has 5 heteroatoms. The molecule has 0 fully saturated rings. The summed E-state index contributed by atoms with van der Waals surface area (Å²) in [5.74, 6) is 0.210. The van der Waals surface area contributed by atoms with Gasteiger partial charge in [-0.25, -0.2) is 4.98 Å². The number of nitrogen functional groups attached to an aromatic ring is 1. The second kappa shape index (κ2) is 5.51. The highest BCUT2D eigenvalue weighted by molar-refractivity contribution is 6.30. The predicted octanol–water partition coefficient (Wildman–Crippen LogP) is 2.25. The molecule has 1 aromatic carbocycles. The number of amides is 1. The smallest absolute Gasteiger partial charge is 0.253 e. The van der Waals surface area contributed by atoms with Crippen molar-refractivity contribution in [3.8, 4) is 0 Å². The Morgan fingerprint density at radius 3 is 2.56 bits per heavy atom. The van der Waals surface area contributed by atoms with Gasteiger partial charge in [0.05, 0.1) is 5.56 Å². The summed E-state index contributed by atoms with van der Waals surface area (Å²) in [6, 6.07) is 10.5. The number of halogens is 1. The number of nitrogens with one attached hydrogen (secondary N) is 1. The number of pyridine rings is 1. The molecule has 1 heterocycles. The molecule has 0 spiro atoms. The van der Waals surface area contributed by atoms with Crippen LogP contribution in [0.3, 0.4) is 0 Å². The summed E-state index contributed by atoms with van der Waals surface area (Å²) < 4.78 is 0. The highest BCUT2D eigenvalue weighted by Gasteiger charge is 2.05. The minimum absolute atomic E-state index is 0.183. The van der Waals surface area contributed by atoms with Gasteiger partial charge in [0.25, 0.3) is 5.91 Å². The van der Waals surface area contributed by atoms with E-state index in [1.54, 1.807) is 24.3 Å². The highest BCUT2D eigenvalue weighted by Crippen LogP contribution is 2.09. The van der Waals surface area contributed by atoms with Crippen molar-refractivity contribution in [3.63, 3.8) is 0 Å². The third kappa shape index (κ3) is 3.21. The minimum Gasteiger partial charge on any atom is -0.384 e. The van der Waals surface area contributed by atoms with Crippen molar-refractivity contribution >= 4 is 23.3 Å². The van der Waals surface area contributed by atoms with Gasteiger partial charge in [0.1, 0.15) is 5.82 Å². The zero-order chi connectivity index (χ0) is 13.0. The van der Waals surface area contributed by atoms with Crippen LogP contribution in [0.1, 0.15) is 15.9 Å². The van der Waals surface area contributed by atoms with E-state index in [4.69, 9.17) is 17.3 Å². The maximum atomic E-state index is 11.8. The van der Waals surface area contributed by atoms with E-state index in [1.807, 2.05) is 12.1 Å². The fraction of sp³-hybridized carbons (Fsp3) is 0.0769. The Morgan fingerprint density at radius 2 is 1.94 bits per heavy atom. The fourth-order valence-corrected chi connectivity index (χ4v) is 1.55. The molecule has 1 amide bonds. The van der Waals surface area contributed by atoms with E-state index in [1.165, 1.54) is 6.20 Å². The van der Waals surface area contributed by atoms with Crippen LogP contribution in [0, 0.1) is 0 Å². The van der Waals surface area contributed by atoms with Crippen LogP contribution in [0.2, 0.25) is 5.02 Å². The second-order valence-electron chi connectivity index (χ2n) is 3.78. The molecule has 0 saturated carbocycles. The minimum atomic E-state index is -0.183. The van der Waals surface area contributed by atoms with Crippen molar-refractivity contribution in [1.82, 2.24) is 10.3 Å². The molecule has 92 valence electrons. The lowest BCUT2D eigenvalue weighted by Gasteiger charge is -2.05. The van der Waals surface area contributed by atoms with Crippen LogP contribution in [0.25, 0.3) is 0 Å². The van der Waals surface area contributed by atoms with Crippen LogP contribution in [0.4, 0.5) is 5.82 Å². The lowest BCUT2D eigenvalue weighted by atomic mass is 10.2. The number of hydrogen-bond donors (Lipinski definition) is 2. The van der Waals surface area contributed by atoms with Gasteiger partial charge in [-0.3, -0.25) is 4.79 Å². The molecule has 3 N–H and O–H groups in total. The van der Waals surface area contributed by atoms with E-state index in [0.29, 0.717) is 22.9 Å². The summed E-state index contributed by atoms with van der Waals surface area (Å²) in [7, 11) is 0. The van der Waals surface area contributed by atoms with E-state index in [2.05, 4.69) is 10.3 Å². The van der Waals surface area contributed by atoms with E-state index >= 15 is 0 Å². The SMILES string of the molecule is Nc1ccc(C(=O)NCc2ccc(Cl)cc2)cn1. The van der Waals surface area contributed by atoms with E-state index in [0.717, 1.165) is 5.56 Å². The number of anilines is 1. The van der Waals surface area contributed by atoms with Gasteiger partial charge < -0.3 is 11.1 Å². The number of rotatable bonds is 3. The van der Waals surface area contributed by atoms with Crippen molar-refractivity contribution in [2.45, 2.75) is 6.54 Å². The zero-order valence-corrected chi connectivity index (χ0v) is 10.3. The first-order valence-corrected chi connectivity index (χ1v) is 5.77. The van der Waals surface area contributed by atoms with Gasteiger partial charge in [0.2, 0.25) is 0 Å². The second-order valence-corrected chi connectivity index (χ2v) is 4.22. The number of carbonyl (C=O) groups is 1. The lowest BCUT2D eigenvalue weighted by Crippen LogP contribution is -2.22. The molecule has 2 rings (SSSR count). The number of hydrogen-bond acceptors (Lipinski definition) is 3. The van der Waals surface area contributed by atoms with Gasteiger partial charge in [0, 0.05) is 17.8 Å². The average Bonchev–Trinajstić information content (AvgIpc) is 2.38. The summed E-state index contributed by atoms with van der Waals surface area (Å²) in [5, 5.41) is 3.47. The molecular weight excluding hydrogens is 250 g/mol. The molecule has 0 unspecified atom stereocenters. The van der Waals surface area contributed by atoms with Crippen molar-refractivity contribution in [3.05, 3.63) is 58.7 Å². The fourth-order valence-electron chi connectivity index (χ4n) is 1.43. The normalized spacial score (nSPS) is 10.1. The standard InChI is InChI=1S/C13H12ClN3O/c14-11-4-1-9(2-5-11)7-17-13(18)10-3-6-12(15)16-8-10/h1-6,8H,7H2,(H2,15,16)(H,17,18). The van der Waals surface area contributed by atoms with Crippen LogP contribution in [-0.2, 0) is 6.54 Å². The van der Waals surface area contributed by atoms with Crippen LogP contribution in [0.5, 0.6) is 0 Å². The van der Waals surface area contributed by atoms with Crippen molar-refractivity contribution in [2.24, 2.45) is 0 Å². The van der Waals surface area contributed by atoms with E-state index < -0.39 is 0 Å². The Labute approximate surface area is 110 Å². The maximum Gasteiger partial charge on any atom is 0.253 e. The first kappa shape index (κ1) is 12.4. The van der Waals surface area contributed by atoms with Crippen molar-refractivity contribution < 1.29 is 4.79 Å². The quantitative estimate of drug-likeness (QED) is 0.890. The summed E-state index contributed by atoms with van der Waals surface area (Å²) >= 11 is 5.78. The van der Waals surface area contributed by atoms with E-state index in [-0.39, 0.29) is 5.91 Å². The number of carbonyl (C=O) groups excluding carboxylic acids is 1. The largest absolute Gasteiger partial charge is 0.384 e. The third-order valence-corrected chi connectivity index (χ3v) is 2.67. The molecule has 0 radical (unpaired) electrons. The average molecular weight is 262 g/mol. The monoisotopic (exact) mass is 261 g/mol. The van der Waals surface area contributed by atoms with Gasteiger partial charge in [-0.2, -0.15) is 0 Å². The number of nitrogens with two attached hydrogens (primary N) is 1. The van der Waals surface area contributed by atoms with Gasteiger partial charge >= 0.3 is 0 Å². The van der Waals surface area contributed by atoms with Crippen molar-refractivity contribution in [2.75, 3.05) is 5.73 Å². The molecule has 18 heavy (non-hydrogen) atoms. The Kier molecular flexibility index (Phi) is 3.79. The summed E-state index contributed by atoms with van der Waals surface area (Å²) in [6.45, 7) is 0.445.